The predicted octanol–water partition coefficient (Wildman–Crippen LogP) is 2.82. The third-order valence-electron chi connectivity index (χ3n) is 4.61. The van der Waals surface area contributed by atoms with E-state index in [1.165, 1.54) is 12.1 Å². The SMILES string of the molecule is Cn1cc(-c2ccnc(NC[C@H]3CCN(c4ccccc4)C3)n2)cn1. The minimum atomic E-state index is 0.603. The van der Waals surface area contributed by atoms with Crippen molar-refractivity contribution in [2.75, 3.05) is 29.9 Å². The highest BCUT2D eigenvalue weighted by molar-refractivity contribution is 5.57. The lowest BCUT2D eigenvalue weighted by Gasteiger charge is -2.18. The molecule has 0 unspecified atom stereocenters. The van der Waals surface area contributed by atoms with E-state index in [9.17, 15) is 0 Å². The normalized spacial score (nSPS) is 17.0. The Labute approximate surface area is 147 Å². The Balaban J connectivity index is 1.36. The van der Waals surface area contributed by atoms with Gasteiger partial charge in [0.05, 0.1) is 11.9 Å². The summed E-state index contributed by atoms with van der Waals surface area (Å²) in [7, 11) is 1.91. The molecule has 2 aromatic heterocycles. The summed E-state index contributed by atoms with van der Waals surface area (Å²) in [6.45, 7) is 3.06. The largest absolute Gasteiger partial charge is 0.371 e. The molecule has 0 amide bonds. The molecular formula is C19H22N6. The van der Waals surface area contributed by atoms with Crippen molar-refractivity contribution in [2.45, 2.75) is 6.42 Å². The van der Waals surface area contributed by atoms with Gasteiger partial charge in [0.2, 0.25) is 5.95 Å². The number of hydrogen-bond acceptors (Lipinski definition) is 5. The van der Waals surface area contributed by atoms with E-state index in [2.05, 4.69) is 55.6 Å². The second kappa shape index (κ2) is 6.93. The number of aryl methyl sites for hydroxylation is 1. The molecule has 3 heterocycles. The molecule has 0 saturated carbocycles. The van der Waals surface area contributed by atoms with Gasteiger partial charge in [-0.05, 0) is 30.5 Å². The molecule has 4 rings (SSSR count). The Morgan fingerprint density at radius 2 is 2.08 bits per heavy atom. The molecular weight excluding hydrogens is 312 g/mol. The first-order chi connectivity index (χ1) is 12.3. The summed E-state index contributed by atoms with van der Waals surface area (Å²) in [4.78, 5) is 11.4. The maximum absolute atomic E-state index is 4.61. The topological polar surface area (TPSA) is 58.9 Å². The van der Waals surface area contributed by atoms with Crippen molar-refractivity contribution >= 4 is 11.6 Å². The fraction of sp³-hybridized carbons (Fsp3) is 0.316. The quantitative estimate of drug-likeness (QED) is 0.777. The third-order valence-corrected chi connectivity index (χ3v) is 4.61. The summed E-state index contributed by atoms with van der Waals surface area (Å²) in [6, 6.07) is 12.5. The minimum Gasteiger partial charge on any atom is -0.371 e. The number of nitrogens with zero attached hydrogens (tertiary/aromatic N) is 5. The summed E-state index contributed by atoms with van der Waals surface area (Å²) < 4.78 is 1.78. The van der Waals surface area contributed by atoms with Crippen LogP contribution in [-0.4, -0.2) is 39.4 Å². The highest BCUT2D eigenvalue weighted by Gasteiger charge is 2.22. The standard InChI is InChI=1S/C19H22N6/c1-24-14-16(12-22-24)18-7-9-20-19(23-18)21-11-15-8-10-25(13-15)17-5-3-2-4-6-17/h2-7,9,12,14-15H,8,10-11,13H2,1H3,(H,20,21,23)/t15-/m1/s1. The van der Waals surface area contributed by atoms with Crippen molar-refractivity contribution in [3.63, 3.8) is 0 Å². The van der Waals surface area contributed by atoms with Gasteiger partial charge in [-0.2, -0.15) is 5.10 Å². The summed E-state index contributed by atoms with van der Waals surface area (Å²) >= 11 is 0. The first-order valence-corrected chi connectivity index (χ1v) is 8.64. The number of rotatable bonds is 5. The molecule has 1 N–H and O–H groups in total. The van der Waals surface area contributed by atoms with Gasteiger partial charge in [0, 0.05) is 50.3 Å². The maximum atomic E-state index is 4.61. The molecule has 6 nitrogen and oxygen atoms in total. The molecule has 6 heteroatoms. The molecule has 0 bridgehead atoms. The third kappa shape index (κ3) is 3.63. The Kier molecular flexibility index (Phi) is 4.33. The lowest BCUT2D eigenvalue weighted by atomic mass is 10.1. The van der Waals surface area contributed by atoms with Crippen LogP contribution in [-0.2, 0) is 7.05 Å². The van der Waals surface area contributed by atoms with Crippen molar-refractivity contribution in [2.24, 2.45) is 13.0 Å². The van der Waals surface area contributed by atoms with Crippen molar-refractivity contribution < 1.29 is 0 Å². The van der Waals surface area contributed by atoms with E-state index >= 15 is 0 Å². The molecule has 1 aliphatic heterocycles. The maximum Gasteiger partial charge on any atom is 0.223 e. The van der Waals surface area contributed by atoms with Crippen LogP contribution in [0.15, 0.2) is 55.0 Å². The van der Waals surface area contributed by atoms with Gasteiger partial charge >= 0.3 is 0 Å². The molecule has 0 spiro atoms. The second-order valence-electron chi connectivity index (χ2n) is 6.49. The van der Waals surface area contributed by atoms with E-state index in [-0.39, 0.29) is 0 Å². The Morgan fingerprint density at radius 1 is 1.20 bits per heavy atom. The molecule has 25 heavy (non-hydrogen) atoms. The van der Waals surface area contributed by atoms with Gasteiger partial charge in [-0.3, -0.25) is 4.68 Å². The predicted molar refractivity (Wildman–Crippen MR) is 99.5 cm³/mol. The average Bonchev–Trinajstić information content (AvgIpc) is 3.30. The van der Waals surface area contributed by atoms with Crippen LogP contribution in [0.1, 0.15) is 6.42 Å². The van der Waals surface area contributed by atoms with Gasteiger partial charge in [0.25, 0.3) is 0 Å². The van der Waals surface area contributed by atoms with Gasteiger partial charge in [-0.25, -0.2) is 9.97 Å². The van der Waals surface area contributed by atoms with Gasteiger partial charge in [0.1, 0.15) is 0 Å². The van der Waals surface area contributed by atoms with Crippen LogP contribution in [0.5, 0.6) is 0 Å². The van der Waals surface area contributed by atoms with Gasteiger partial charge in [-0.15, -0.1) is 0 Å². The molecule has 3 aromatic rings. The molecule has 1 saturated heterocycles. The highest BCUT2D eigenvalue weighted by Crippen LogP contribution is 2.23. The van der Waals surface area contributed by atoms with E-state index in [0.29, 0.717) is 11.9 Å². The van der Waals surface area contributed by atoms with E-state index in [4.69, 9.17) is 0 Å². The van der Waals surface area contributed by atoms with E-state index in [0.717, 1.165) is 30.9 Å². The molecule has 1 atom stereocenters. The van der Waals surface area contributed by atoms with Crippen molar-refractivity contribution in [3.05, 3.63) is 55.0 Å². The van der Waals surface area contributed by atoms with E-state index in [1.807, 2.05) is 25.5 Å². The number of para-hydroxylation sites is 1. The first kappa shape index (κ1) is 15.6. The van der Waals surface area contributed by atoms with Crippen LogP contribution in [0.3, 0.4) is 0 Å². The van der Waals surface area contributed by atoms with Crippen LogP contribution in [0.4, 0.5) is 11.6 Å². The fourth-order valence-corrected chi connectivity index (χ4v) is 3.27. The molecule has 1 fully saturated rings. The number of anilines is 2. The second-order valence-corrected chi connectivity index (χ2v) is 6.49. The molecule has 1 aliphatic rings. The number of benzene rings is 1. The highest BCUT2D eigenvalue weighted by atomic mass is 15.2. The van der Waals surface area contributed by atoms with Crippen LogP contribution in [0, 0.1) is 5.92 Å². The van der Waals surface area contributed by atoms with Gasteiger partial charge < -0.3 is 10.2 Å². The zero-order valence-corrected chi connectivity index (χ0v) is 14.3. The Bertz CT molecular complexity index is 829. The number of aromatic nitrogens is 4. The van der Waals surface area contributed by atoms with Crippen molar-refractivity contribution in [3.8, 4) is 11.3 Å². The number of nitrogens with one attached hydrogen (secondary N) is 1. The number of hydrogen-bond donors (Lipinski definition) is 1. The minimum absolute atomic E-state index is 0.603. The lowest BCUT2D eigenvalue weighted by molar-refractivity contribution is 0.620. The molecule has 128 valence electrons. The van der Waals surface area contributed by atoms with Gasteiger partial charge in [-0.1, -0.05) is 18.2 Å². The van der Waals surface area contributed by atoms with Crippen LogP contribution < -0.4 is 10.2 Å². The smallest absolute Gasteiger partial charge is 0.223 e. The molecule has 0 aliphatic carbocycles. The van der Waals surface area contributed by atoms with E-state index < -0.39 is 0 Å². The molecule has 0 radical (unpaired) electrons. The Hall–Kier alpha value is -2.89. The lowest BCUT2D eigenvalue weighted by Crippen LogP contribution is -2.22. The summed E-state index contributed by atoms with van der Waals surface area (Å²) in [5.41, 5.74) is 3.20. The summed E-state index contributed by atoms with van der Waals surface area (Å²) in [5.74, 6) is 1.28. The first-order valence-electron chi connectivity index (χ1n) is 8.64. The van der Waals surface area contributed by atoms with E-state index in [1.54, 1.807) is 10.9 Å². The fourth-order valence-electron chi connectivity index (χ4n) is 3.27. The van der Waals surface area contributed by atoms with Crippen molar-refractivity contribution in [1.29, 1.82) is 0 Å². The van der Waals surface area contributed by atoms with Crippen LogP contribution in [0.2, 0.25) is 0 Å². The zero-order chi connectivity index (χ0) is 17.1. The van der Waals surface area contributed by atoms with Gasteiger partial charge in [0.15, 0.2) is 0 Å². The monoisotopic (exact) mass is 334 g/mol. The Morgan fingerprint density at radius 3 is 2.88 bits per heavy atom. The van der Waals surface area contributed by atoms with Crippen molar-refractivity contribution in [1.82, 2.24) is 19.7 Å². The summed E-state index contributed by atoms with van der Waals surface area (Å²) in [6.07, 6.45) is 6.76. The van der Waals surface area contributed by atoms with Crippen LogP contribution >= 0.6 is 0 Å². The zero-order valence-electron chi connectivity index (χ0n) is 14.3. The average molecular weight is 334 g/mol. The molecule has 1 aromatic carbocycles. The summed E-state index contributed by atoms with van der Waals surface area (Å²) in [5, 5.41) is 7.60. The van der Waals surface area contributed by atoms with Crippen LogP contribution in [0.25, 0.3) is 11.3 Å².